The second kappa shape index (κ2) is 8.10. The van der Waals surface area contributed by atoms with Crippen LogP contribution in [0, 0.1) is 11.6 Å². The summed E-state index contributed by atoms with van der Waals surface area (Å²) in [6, 6.07) is 10.9. The van der Waals surface area contributed by atoms with Crippen molar-refractivity contribution in [3.63, 3.8) is 0 Å². The third-order valence-electron chi connectivity index (χ3n) is 4.89. The fourth-order valence-electron chi connectivity index (χ4n) is 3.44. The fourth-order valence-corrected chi connectivity index (χ4v) is 3.61. The first-order valence-corrected chi connectivity index (χ1v) is 9.51. The van der Waals surface area contributed by atoms with Crippen molar-refractivity contribution in [1.82, 2.24) is 9.97 Å². The van der Waals surface area contributed by atoms with Gasteiger partial charge in [-0.15, -0.1) is 0 Å². The van der Waals surface area contributed by atoms with Crippen LogP contribution >= 0.6 is 11.6 Å². The lowest BCUT2D eigenvalue weighted by molar-refractivity contribution is 0.519. The number of hydrogen-bond acceptors (Lipinski definition) is 4. The normalized spacial score (nSPS) is 14.9. The lowest BCUT2D eigenvalue weighted by Gasteiger charge is -2.32. The summed E-state index contributed by atoms with van der Waals surface area (Å²) in [5, 5.41) is 3.74. The SMILES string of the molecule is Fc1cc(NC2CCN(c3ncccn3)CC2)ccc1-c1cc(Cl)ccc1F. The highest BCUT2D eigenvalue weighted by atomic mass is 35.5. The van der Waals surface area contributed by atoms with Crippen LogP contribution in [0.25, 0.3) is 11.1 Å². The van der Waals surface area contributed by atoms with E-state index in [4.69, 9.17) is 11.6 Å². The number of nitrogens with zero attached hydrogens (tertiary/aromatic N) is 3. The van der Waals surface area contributed by atoms with E-state index in [9.17, 15) is 8.78 Å². The number of anilines is 2. The predicted octanol–water partition coefficient (Wildman–Crippen LogP) is 5.16. The Balaban J connectivity index is 1.42. The molecule has 3 aromatic rings. The van der Waals surface area contributed by atoms with Crippen LogP contribution in [0.1, 0.15) is 12.8 Å². The Bertz CT molecular complexity index is 960. The molecule has 1 N–H and O–H groups in total. The number of aromatic nitrogens is 2. The van der Waals surface area contributed by atoms with Crippen LogP contribution in [0.4, 0.5) is 20.4 Å². The van der Waals surface area contributed by atoms with E-state index in [2.05, 4.69) is 20.2 Å². The summed E-state index contributed by atoms with van der Waals surface area (Å²) in [4.78, 5) is 10.7. The lowest BCUT2D eigenvalue weighted by atomic mass is 10.0. The summed E-state index contributed by atoms with van der Waals surface area (Å²) < 4.78 is 28.6. The van der Waals surface area contributed by atoms with Gasteiger partial charge >= 0.3 is 0 Å². The van der Waals surface area contributed by atoms with E-state index < -0.39 is 11.6 Å². The minimum Gasteiger partial charge on any atom is -0.382 e. The van der Waals surface area contributed by atoms with E-state index in [1.165, 1.54) is 24.3 Å². The van der Waals surface area contributed by atoms with Crippen molar-refractivity contribution in [3.05, 3.63) is 71.5 Å². The molecule has 1 aromatic heterocycles. The van der Waals surface area contributed by atoms with Crippen molar-refractivity contribution in [2.45, 2.75) is 18.9 Å². The maximum atomic E-state index is 14.6. The molecule has 0 aliphatic carbocycles. The van der Waals surface area contributed by atoms with E-state index in [0.29, 0.717) is 10.7 Å². The molecule has 28 heavy (non-hydrogen) atoms. The maximum Gasteiger partial charge on any atom is 0.225 e. The first-order chi connectivity index (χ1) is 13.6. The van der Waals surface area contributed by atoms with Gasteiger partial charge in [0.1, 0.15) is 11.6 Å². The molecule has 1 aliphatic heterocycles. The number of hydrogen-bond donors (Lipinski definition) is 1. The van der Waals surface area contributed by atoms with Gasteiger partial charge in [0.25, 0.3) is 0 Å². The Morgan fingerprint density at radius 1 is 0.929 bits per heavy atom. The van der Waals surface area contributed by atoms with Crippen LogP contribution in [-0.4, -0.2) is 29.1 Å². The van der Waals surface area contributed by atoms with Gasteiger partial charge in [0.2, 0.25) is 5.95 Å². The van der Waals surface area contributed by atoms with Crippen LogP contribution < -0.4 is 10.2 Å². The molecule has 0 saturated carbocycles. The number of halogens is 3. The van der Waals surface area contributed by atoms with Crippen molar-refractivity contribution >= 4 is 23.2 Å². The smallest absolute Gasteiger partial charge is 0.225 e. The monoisotopic (exact) mass is 400 g/mol. The highest BCUT2D eigenvalue weighted by molar-refractivity contribution is 6.30. The van der Waals surface area contributed by atoms with Crippen LogP contribution in [0.3, 0.4) is 0 Å². The first-order valence-electron chi connectivity index (χ1n) is 9.13. The molecule has 7 heteroatoms. The molecule has 0 spiro atoms. The Morgan fingerprint density at radius 2 is 1.68 bits per heavy atom. The third kappa shape index (κ3) is 4.07. The topological polar surface area (TPSA) is 41.0 Å². The molecule has 0 unspecified atom stereocenters. The summed E-state index contributed by atoms with van der Waals surface area (Å²) in [7, 11) is 0. The quantitative estimate of drug-likeness (QED) is 0.657. The predicted molar refractivity (Wildman–Crippen MR) is 108 cm³/mol. The average Bonchev–Trinajstić information content (AvgIpc) is 2.71. The van der Waals surface area contributed by atoms with Crippen molar-refractivity contribution in [2.75, 3.05) is 23.3 Å². The van der Waals surface area contributed by atoms with Gasteiger partial charge in [-0.05, 0) is 55.3 Å². The maximum absolute atomic E-state index is 14.6. The van der Waals surface area contributed by atoms with Gasteiger partial charge in [0.05, 0.1) is 0 Å². The standard InChI is InChI=1S/C21H19ClF2N4/c22-14-2-5-19(23)18(12-14)17-4-3-16(13-20(17)24)27-15-6-10-28(11-7-15)21-25-8-1-9-26-21/h1-5,8-9,12-13,15,27H,6-7,10-11H2. The average molecular weight is 401 g/mol. The second-order valence-electron chi connectivity index (χ2n) is 6.77. The molecule has 0 radical (unpaired) electrons. The van der Waals surface area contributed by atoms with E-state index in [0.717, 1.165) is 31.9 Å². The van der Waals surface area contributed by atoms with Crippen molar-refractivity contribution < 1.29 is 8.78 Å². The van der Waals surface area contributed by atoms with Crippen molar-refractivity contribution in [3.8, 4) is 11.1 Å². The van der Waals surface area contributed by atoms with E-state index in [1.54, 1.807) is 30.6 Å². The summed E-state index contributed by atoms with van der Waals surface area (Å²) in [6.07, 6.45) is 5.26. The molecule has 1 aliphatic rings. The molecule has 144 valence electrons. The Labute approximate surface area is 167 Å². The van der Waals surface area contributed by atoms with Gasteiger partial charge in [-0.1, -0.05) is 11.6 Å². The lowest BCUT2D eigenvalue weighted by Crippen LogP contribution is -2.39. The van der Waals surface area contributed by atoms with Gasteiger partial charge in [0, 0.05) is 53.4 Å². The third-order valence-corrected chi connectivity index (χ3v) is 5.12. The second-order valence-corrected chi connectivity index (χ2v) is 7.21. The molecular formula is C21H19ClF2N4. The van der Waals surface area contributed by atoms with Crippen LogP contribution in [-0.2, 0) is 0 Å². The van der Waals surface area contributed by atoms with Gasteiger partial charge in [-0.2, -0.15) is 0 Å². The minimum atomic E-state index is -0.500. The summed E-state index contributed by atoms with van der Waals surface area (Å²) in [5.41, 5.74) is 1.03. The first kappa shape index (κ1) is 18.6. The number of benzene rings is 2. The zero-order valence-electron chi connectivity index (χ0n) is 15.1. The van der Waals surface area contributed by atoms with Gasteiger partial charge in [-0.3, -0.25) is 0 Å². The molecule has 1 saturated heterocycles. The van der Waals surface area contributed by atoms with E-state index >= 15 is 0 Å². The Kier molecular flexibility index (Phi) is 5.39. The highest BCUT2D eigenvalue weighted by Gasteiger charge is 2.21. The minimum absolute atomic E-state index is 0.160. The summed E-state index contributed by atoms with van der Waals surface area (Å²) in [5.74, 6) is -0.249. The molecular weight excluding hydrogens is 382 g/mol. The highest BCUT2D eigenvalue weighted by Crippen LogP contribution is 2.30. The van der Waals surface area contributed by atoms with Crippen LogP contribution in [0.2, 0.25) is 5.02 Å². The fraction of sp³-hybridized carbons (Fsp3) is 0.238. The van der Waals surface area contributed by atoms with Crippen molar-refractivity contribution in [2.24, 2.45) is 0 Å². The number of rotatable bonds is 4. The molecule has 0 bridgehead atoms. The van der Waals surface area contributed by atoms with Crippen LogP contribution in [0.5, 0.6) is 0 Å². The summed E-state index contributed by atoms with van der Waals surface area (Å²) >= 11 is 5.92. The van der Waals surface area contributed by atoms with Gasteiger partial charge in [0.15, 0.2) is 0 Å². The number of piperidine rings is 1. The van der Waals surface area contributed by atoms with Gasteiger partial charge < -0.3 is 10.2 Å². The molecule has 2 heterocycles. The molecule has 2 aromatic carbocycles. The molecule has 0 amide bonds. The molecule has 1 fully saturated rings. The zero-order chi connectivity index (χ0) is 19.5. The van der Waals surface area contributed by atoms with E-state index in [-0.39, 0.29) is 17.2 Å². The van der Waals surface area contributed by atoms with Crippen LogP contribution in [0.15, 0.2) is 54.9 Å². The summed E-state index contributed by atoms with van der Waals surface area (Å²) in [6.45, 7) is 1.66. The molecule has 0 atom stereocenters. The van der Waals surface area contributed by atoms with Gasteiger partial charge in [-0.25, -0.2) is 18.7 Å². The zero-order valence-corrected chi connectivity index (χ0v) is 15.8. The molecule has 4 nitrogen and oxygen atoms in total. The number of nitrogens with one attached hydrogen (secondary N) is 1. The van der Waals surface area contributed by atoms with E-state index in [1.807, 2.05) is 0 Å². The largest absolute Gasteiger partial charge is 0.382 e. The van der Waals surface area contributed by atoms with Crippen molar-refractivity contribution in [1.29, 1.82) is 0 Å². The molecule has 4 rings (SSSR count). The Hall–Kier alpha value is -2.73. The Morgan fingerprint density at radius 3 is 2.39 bits per heavy atom.